The van der Waals surface area contributed by atoms with E-state index in [2.05, 4.69) is 21.2 Å². The van der Waals surface area contributed by atoms with Gasteiger partial charge in [0.15, 0.2) is 0 Å². The molecular weight excluding hydrogens is 306 g/mol. The van der Waals surface area contributed by atoms with Crippen LogP contribution < -0.4 is 5.32 Å². The Morgan fingerprint density at radius 2 is 2.00 bits per heavy atom. The lowest BCUT2D eigenvalue weighted by atomic mass is 10.1. The van der Waals surface area contributed by atoms with Crippen LogP contribution in [0.1, 0.15) is 32.3 Å². The highest BCUT2D eigenvalue weighted by molar-refractivity contribution is 9.09. The summed E-state index contributed by atoms with van der Waals surface area (Å²) in [5, 5.41) is 2.91. The van der Waals surface area contributed by atoms with Crippen LogP contribution in [0, 0.1) is 13.8 Å². The van der Waals surface area contributed by atoms with E-state index in [1.54, 1.807) is 13.0 Å². The molecule has 1 unspecified atom stereocenters. The number of carbonyl (C=O) groups is 1. The average Bonchev–Trinajstić information content (AvgIpc) is 2.75. The van der Waals surface area contributed by atoms with E-state index >= 15 is 0 Å². The summed E-state index contributed by atoms with van der Waals surface area (Å²) < 4.78 is 5.35. The van der Waals surface area contributed by atoms with Crippen LogP contribution in [0.25, 0.3) is 0 Å². The maximum atomic E-state index is 12.0. The number of hydrogen-bond donors (Lipinski definition) is 1. The van der Waals surface area contributed by atoms with Crippen LogP contribution in [-0.4, -0.2) is 12.5 Å². The van der Waals surface area contributed by atoms with Crippen molar-refractivity contribution in [2.75, 3.05) is 6.54 Å². The topological polar surface area (TPSA) is 42.2 Å². The van der Waals surface area contributed by atoms with Crippen LogP contribution in [0.3, 0.4) is 0 Å². The first-order chi connectivity index (χ1) is 9.08. The Morgan fingerprint density at radius 1 is 1.32 bits per heavy atom. The molecule has 0 fully saturated rings. The molecule has 1 heterocycles. The zero-order valence-electron chi connectivity index (χ0n) is 10.9. The SMILES string of the molecule is Cc1cc(C(=O)NCC(Br)c2ccccc2)c(C)o1. The summed E-state index contributed by atoms with van der Waals surface area (Å²) in [7, 11) is 0. The third kappa shape index (κ3) is 3.47. The predicted molar refractivity (Wildman–Crippen MR) is 78.6 cm³/mol. The first kappa shape index (κ1) is 13.9. The second-order valence-corrected chi connectivity index (χ2v) is 5.52. The van der Waals surface area contributed by atoms with Gasteiger partial charge in [-0.1, -0.05) is 46.3 Å². The van der Waals surface area contributed by atoms with E-state index in [1.165, 1.54) is 0 Å². The molecule has 0 saturated heterocycles. The number of nitrogens with one attached hydrogen (secondary N) is 1. The van der Waals surface area contributed by atoms with E-state index in [1.807, 2.05) is 37.3 Å². The van der Waals surface area contributed by atoms with Gasteiger partial charge in [-0.2, -0.15) is 0 Å². The number of rotatable bonds is 4. The minimum absolute atomic E-state index is 0.102. The smallest absolute Gasteiger partial charge is 0.254 e. The summed E-state index contributed by atoms with van der Waals surface area (Å²) >= 11 is 3.57. The Hall–Kier alpha value is -1.55. The largest absolute Gasteiger partial charge is 0.466 e. The average molecular weight is 322 g/mol. The van der Waals surface area contributed by atoms with Crippen LogP contribution in [-0.2, 0) is 0 Å². The number of alkyl halides is 1. The molecule has 0 aliphatic rings. The number of carbonyl (C=O) groups excluding carboxylic acids is 1. The monoisotopic (exact) mass is 321 g/mol. The number of amides is 1. The van der Waals surface area contributed by atoms with Crippen LogP contribution in [0.5, 0.6) is 0 Å². The van der Waals surface area contributed by atoms with Crippen molar-refractivity contribution in [3.8, 4) is 0 Å². The van der Waals surface area contributed by atoms with Crippen LogP contribution in [0.2, 0.25) is 0 Å². The van der Waals surface area contributed by atoms with Gasteiger partial charge in [0, 0.05) is 6.54 Å². The molecule has 1 atom stereocenters. The fourth-order valence-electron chi connectivity index (χ4n) is 1.91. The van der Waals surface area contributed by atoms with E-state index in [0.717, 1.165) is 11.3 Å². The fourth-order valence-corrected chi connectivity index (χ4v) is 2.38. The van der Waals surface area contributed by atoms with E-state index in [4.69, 9.17) is 4.42 Å². The summed E-state index contributed by atoms with van der Waals surface area (Å²) in [6, 6.07) is 11.7. The van der Waals surface area contributed by atoms with Crippen molar-refractivity contribution in [2.24, 2.45) is 0 Å². The molecule has 1 aromatic carbocycles. The molecule has 2 rings (SSSR count). The second kappa shape index (κ2) is 6.06. The molecule has 1 N–H and O–H groups in total. The lowest BCUT2D eigenvalue weighted by molar-refractivity contribution is 0.0952. The van der Waals surface area contributed by atoms with Crippen molar-refractivity contribution in [1.29, 1.82) is 0 Å². The molecule has 0 aliphatic heterocycles. The molecular formula is C15H16BrNO2. The number of halogens is 1. The van der Waals surface area contributed by atoms with Crippen LogP contribution in [0.4, 0.5) is 0 Å². The van der Waals surface area contributed by atoms with Gasteiger partial charge in [0.05, 0.1) is 10.4 Å². The predicted octanol–water partition coefficient (Wildman–Crippen LogP) is 3.76. The molecule has 0 radical (unpaired) electrons. The van der Waals surface area contributed by atoms with Gasteiger partial charge >= 0.3 is 0 Å². The van der Waals surface area contributed by atoms with E-state index in [-0.39, 0.29) is 10.7 Å². The van der Waals surface area contributed by atoms with E-state index in [9.17, 15) is 4.79 Å². The zero-order chi connectivity index (χ0) is 13.8. The summed E-state index contributed by atoms with van der Waals surface area (Å²) in [6.45, 7) is 4.16. The van der Waals surface area contributed by atoms with Gasteiger partial charge in [0.25, 0.3) is 5.91 Å². The summed E-state index contributed by atoms with van der Waals surface area (Å²) in [5.41, 5.74) is 1.74. The molecule has 1 amide bonds. The normalized spacial score (nSPS) is 12.2. The number of aryl methyl sites for hydroxylation is 2. The molecule has 100 valence electrons. The quantitative estimate of drug-likeness (QED) is 0.871. The standard InChI is InChI=1S/C15H16BrNO2/c1-10-8-13(11(2)19-10)15(18)17-9-14(16)12-6-4-3-5-7-12/h3-8,14H,9H2,1-2H3,(H,17,18). The first-order valence-corrected chi connectivity index (χ1v) is 7.03. The van der Waals surface area contributed by atoms with Gasteiger partial charge in [0.1, 0.15) is 11.5 Å². The van der Waals surface area contributed by atoms with Gasteiger partial charge in [-0.25, -0.2) is 0 Å². The van der Waals surface area contributed by atoms with Crippen molar-refractivity contribution < 1.29 is 9.21 Å². The first-order valence-electron chi connectivity index (χ1n) is 6.12. The molecule has 1 aromatic heterocycles. The minimum Gasteiger partial charge on any atom is -0.466 e. The highest BCUT2D eigenvalue weighted by Crippen LogP contribution is 2.21. The van der Waals surface area contributed by atoms with Crippen molar-refractivity contribution >= 4 is 21.8 Å². The third-order valence-electron chi connectivity index (χ3n) is 2.89. The van der Waals surface area contributed by atoms with Crippen LogP contribution in [0.15, 0.2) is 40.8 Å². The summed E-state index contributed by atoms with van der Waals surface area (Å²) in [6.07, 6.45) is 0. The Labute approximate surface area is 121 Å². The molecule has 3 nitrogen and oxygen atoms in total. The molecule has 0 bridgehead atoms. The number of furan rings is 1. The minimum atomic E-state index is -0.102. The zero-order valence-corrected chi connectivity index (χ0v) is 12.5. The molecule has 0 saturated carbocycles. The fraction of sp³-hybridized carbons (Fsp3) is 0.267. The van der Waals surface area contributed by atoms with Crippen molar-refractivity contribution in [1.82, 2.24) is 5.32 Å². The van der Waals surface area contributed by atoms with Crippen LogP contribution >= 0.6 is 15.9 Å². The van der Waals surface area contributed by atoms with E-state index < -0.39 is 0 Å². The highest BCUT2D eigenvalue weighted by Gasteiger charge is 2.15. The molecule has 19 heavy (non-hydrogen) atoms. The molecule has 0 aliphatic carbocycles. The second-order valence-electron chi connectivity index (χ2n) is 4.42. The third-order valence-corrected chi connectivity index (χ3v) is 3.74. The maximum Gasteiger partial charge on any atom is 0.254 e. The van der Waals surface area contributed by atoms with Gasteiger partial charge in [-0.3, -0.25) is 4.79 Å². The highest BCUT2D eigenvalue weighted by atomic mass is 79.9. The maximum absolute atomic E-state index is 12.0. The van der Waals surface area contributed by atoms with Crippen molar-refractivity contribution in [3.63, 3.8) is 0 Å². The number of hydrogen-bond acceptors (Lipinski definition) is 2. The van der Waals surface area contributed by atoms with Gasteiger partial charge in [-0.05, 0) is 25.5 Å². The van der Waals surface area contributed by atoms with Gasteiger partial charge < -0.3 is 9.73 Å². The molecule has 2 aromatic rings. The van der Waals surface area contributed by atoms with Gasteiger partial charge in [-0.15, -0.1) is 0 Å². The Morgan fingerprint density at radius 3 is 2.58 bits per heavy atom. The summed E-state index contributed by atoms with van der Waals surface area (Å²) in [5.74, 6) is 1.30. The molecule has 0 spiro atoms. The Balaban J connectivity index is 1.96. The van der Waals surface area contributed by atoms with Crippen molar-refractivity contribution in [3.05, 3.63) is 59.0 Å². The lowest BCUT2D eigenvalue weighted by Crippen LogP contribution is -2.26. The summed E-state index contributed by atoms with van der Waals surface area (Å²) in [4.78, 5) is 12.1. The Kier molecular flexibility index (Phi) is 4.43. The lowest BCUT2D eigenvalue weighted by Gasteiger charge is -2.11. The van der Waals surface area contributed by atoms with Crippen molar-refractivity contribution in [2.45, 2.75) is 18.7 Å². The number of benzene rings is 1. The molecule has 4 heteroatoms. The van der Waals surface area contributed by atoms with Gasteiger partial charge in [0.2, 0.25) is 0 Å². The van der Waals surface area contributed by atoms with E-state index in [0.29, 0.717) is 17.9 Å². The Bertz CT molecular complexity index is 563.